The average Bonchev–Trinajstić information content (AvgIpc) is 3.91. The summed E-state index contributed by atoms with van der Waals surface area (Å²) in [6, 6.07) is 68.2. The first-order valence-electron chi connectivity index (χ1n) is 20.7. The summed E-state index contributed by atoms with van der Waals surface area (Å²) in [5.41, 5.74) is 4.35. The number of benzene rings is 6. The van der Waals surface area contributed by atoms with Crippen molar-refractivity contribution in [2.75, 3.05) is 28.2 Å². The van der Waals surface area contributed by atoms with Crippen LogP contribution in [0, 0.1) is 11.8 Å². The summed E-state index contributed by atoms with van der Waals surface area (Å²) in [5.74, 6) is 1.37. The van der Waals surface area contributed by atoms with Gasteiger partial charge in [-0.2, -0.15) is 0 Å². The van der Waals surface area contributed by atoms with Crippen molar-refractivity contribution < 1.29 is 17.1 Å². The molecular weight excluding hydrogens is 770 g/mol. The van der Waals surface area contributed by atoms with Crippen LogP contribution in [0.4, 0.5) is 0 Å². The molecule has 0 aromatic heterocycles. The zero-order valence-electron chi connectivity index (χ0n) is 34.2. The van der Waals surface area contributed by atoms with E-state index in [1.165, 1.54) is 70.9 Å². The largest absolute Gasteiger partial charge is 0.302 e. The molecular formula is C52H60FeN2P2. The zero-order chi connectivity index (χ0) is 38.7. The number of nitrogens with zero attached hydrogens (tertiary/aromatic N) is 2. The van der Waals surface area contributed by atoms with Crippen LogP contribution in [0.25, 0.3) is 0 Å². The molecule has 0 bridgehead atoms. The molecule has 0 saturated heterocycles. The van der Waals surface area contributed by atoms with E-state index in [1.54, 1.807) is 0 Å². The summed E-state index contributed by atoms with van der Waals surface area (Å²) < 4.78 is 0. The molecule has 6 aromatic rings. The Bertz CT molecular complexity index is 1770. The topological polar surface area (TPSA) is 6.48 Å². The van der Waals surface area contributed by atoms with Crippen LogP contribution in [0.1, 0.15) is 61.7 Å². The van der Waals surface area contributed by atoms with Gasteiger partial charge in [-0.1, -0.05) is 195 Å². The Morgan fingerprint density at radius 1 is 0.368 bits per heavy atom. The predicted octanol–water partition coefficient (Wildman–Crippen LogP) is 11.2. The fraction of sp³-hybridized carbons (Fsp3) is 0.308. The van der Waals surface area contributed by atoms with E-state index in [1.807, 2.05) is 0 Å². The molecule has 0 aliphatic heterocycles. The van der Waals surface area contributed by atoms with Crippen LogP contribution in [0.5, 0.6) is 0 Å². The van der Waals surface area contributed by atoms with Gasteiger partial charge in [0.1, 0.15) is 0 Å². The smallest absolute Gasteiger partial charge is 0.0376 e. The Kier molecular flexibility index (Phi) is 16.4. The number of rotatable bonds is 12. The van der Waals surface area contributed by atoms with Gasteiger partial charge < -0.3 is 9.80 Å². The normalized spacial score (nSPS) is 20.2. The Labute approximate surface area is 357 Å². The third-order valence-corrected chi connectivity index (χ3v) is 18.1. The van der Waals surface area contributed by atoms with Crippen LogP contribution < -0.4 is 21.2 Å². The summed E-state index contributed by atoms with van der Waals surface area (Å²) >= 11 is 0. The summed E-state index contributed by atoms with van der Waals surface area (Å²) in [6.45, 7) is 0. The van der Waals surface area contributed by atoms with Crippen molar-refractivity contribution in [3.63, 3.8) is 0 Å². The molecule has 0 amide bonds. The minimum Gasteiger partial charge on any atom is -0.302 e. The van der Waals surface area contributed by atoms with Crippen molar-refractivity contribution in [1.82, 2.24) is 9.80 Å². The maximum Gasteiger partial charge on any atom is 0.0376 e. The Hall–Kier alpha value is -3.38. The molecule has 2 nitrogen and oxygen atoms in total. The molecule has 2 saturated carbocycles. The molecule has 6 aromatic carbocycles. The van der Waals surface area contributed by atoms with Crippen LogP contribution in [0.2, 0.25) is 0 Å². The van der Waals surface area contributed by atoms with Gasteiger partial charge in [0.25, 0.3) is 0 Å². The summed E-state index contributed by atoms with van der Waals surface area (Å²) in [6.07, 6.45) is 7.98. The van der Waals surface area contributed by atoms with Gasteiger partial charge in [-0.05, 0) is 125 Å². The second-order valence-electron chi connectivity index (χ2n) is 16.0. The molecule has 8 rings (SSSR count). The second-order valence-corrected chi connectivity index (χ2v) is 20.9. The number of hydrogen-bond acceptors (Lipinski definition) is 2. The van der Waals surface area contributed by atoms with Crippen molar-refractivity contribution in [3.05, 3.63) is 193 Å². The Morgan fingerprint density at radius 3 is 0.860 bits per heavy atom. The summed E-state index contributed by atoms with van der Waals surface area (Å²) in [4.78, 5) is 4.89. The van der Waals surface area contributed by atoms with E-state index >= 15 is 0 Å². The second kappa shape index (κ2) is 21.6. The fourth-order valence-corrected chi connectivity index (χ4v) is 16.3. The van der Waals surface area contributed by atoms with Gasteiger partial charge in [-0.25, -0.2) is 0 Å². The van der Waals surface area contributed by atoms with Gasteiger partial charge >= 0.3 is 0 Å². The van der Waals surface area contributed by atoms with Crippen molar-refractivity contribution in [3.8, 4) is 0 Å². The van der Waals surface area contributed by atoms with Crippen LogP contribution in [-0.2, 0) is 17.1 Å². The van der Waals surface area contributed by atoms with Crippen LogP contribution in [-0.4, -0.2) is 49.3 Å². The SMILES string of the molecule is CN(C)C(c1ccccc1)C1CCCC1P(c1ccccc1)c1ccccc1.CN(C)C(c1ccccc1)C1CCCC1P(c1ccccc1)c1ccccc1.[Fe]. The maximum absolute atomic E-state index is 2.45. The zero-order valence-corrected chi connectivity index (χ0v) is 37.1. The van der Waals surface area contributed by atoms with Crippen molar-refractivity contribution in [2.24, 2.45) is 11.8 Å². The van der Waals surface area contributed by atoms with Crippen molar-refractivity contribution in [2.45, 2.75) is 61.9 Å². The molecule has 6 atom stereocenters. The average molecular weight is 831 g/mol. The van der Waals surface area contributed by atoms with E-state index in [9.17, 15) is 0 Å². The first kappa shape index (κ1) is 43.2. The van der Waals surface area contributed by atoms with Crippen LogP contribution >= 0.6 is 15.8 Å². The van der Waals surface area contributed by atoms with Gasteiger partial charge in [-0.15, -0.1) is 0 Å². The quantitative estimate of drug-likeness (QED) is 0.0895. The molecule has 0 radical (unpaired) electrons. The third-order valence-electron chi connectivity index (χ3n) is 12.1. The van der Waals surface area contributed by atoms with E-state index in [0.717, 1.165) is 0 Å². The maximum atomic E-state index is 2.45. The molecule has 0 heterocycles. The minimum absolute atomic E-state index is 0. The van der Waals surface area contributed by atoms with Gasteiger partial charge in [-0.3, -0.25) is 0 Å². The fourth-order valence-electron chi connectivity index (χ4n) is 9.89. The van der Waals surface area contributed by atoms with E-state index in [4.69, 9.17) is 0 Å². The van der Waals surface area contributed by atoms with Crippen molar-refractivity contribution in [1.29, 1.82) is 0 Å². The van der Waals surface area contributed by atoms with E-state index in [-0.39, 0.29) is 32.9 Å². The molecule has 0 N–H and O–H groups in total. The first-order chi connectivity index (χ1) is 27.5. The Morgan fingerprint density at radius 2 is 0.614 bits per heavy atom. The monoisotopic (exact) mass is 830 g/mol. The minimum atomic E-state index is -0.366. The molecule has 0 spiro atoms. The van der Waals surface area contributed by atoms with E-state index in [0.29, 0.717) is 35.2 Å². The standard InChI is InChI=1S/2C26H30NP.Fe/c2*1-27(2)26(21-13-6-3-7-14-21)24-19-12-20-25(24)28(22-15-8-4-9-16-22)23-17-10-5-11-18-23;/h2*3-11,13-18,24-26H,12,19-20H2,1-2H3;. The van der Waals surface area contributed by atoms with Crippen molar-refractivity contribution >= 4 is 37.1 Å². The predicted molar refractivity (Wildman–Crippen MR) is 246 cm³/mol. The van der Waals surface area contributed by atoms with E-state index < -0.39 is 0 Å². The molecule has 6 unspecified atom stereocenters. The molecule has 5 heteroatoms. The van der Waals surface area contributed by atoms with Gasteiger partial charge in [0, 0.05) is 29.2 Å². The van der Waals surface area contributed by atoms with Crippen LogP contribution in [0.15, 0.2) is 182 Å². The van der Waals surface area contributed by atoms with E-state index in [2.05, 4.69) is 220 Å². The number of hydrogen-bond donors (Lipinski definition) is 0. The molecule has 57 heavy (non-hydrogen) atoms. The Balaban J connectivity index is 0.000000189. The molecule has 296 valence electrons. The van der Waals surface area contributed by atoms with Gasteiger partial charge in [0.05, 0.1) is 0 Å². The summed E-state index contributed by atoms with van der Waals surface area (Å²) in [5, 5.41) is 6.08. The molecule has 2 aliphatic carbocycles. The van der Waals surface area contributed by atoms with Gasteiger partial charge in [0.2, 0.25) is 0 Å². The van der Waals surface area contributed by atoms with Gasteiger partial charge in [0.15, 0.2) is 0 Å². The molecule has 2 fully saturated rings. The van der Waals surface area contributed by atoms with Crippen LogP contribution in [0.3, 0.4) is 0 Å². The third kappa shape index (κ3) is 10.6. The summed E-state index contributed by atoms with van der Waals surface area (Å²) in [7, 11) is 8.27. The first-order valence-corrected chi connectivity index (χ1v) is 23.5. The molecule has 2 aliphatic rings.